The molecule has 1 saturated carbocycles. The molecule has 0 amide bonds. The molecule has 0 aromatic rings. The minimum Gasteiger partial charge on any atom is -0.370 e. The number of epoxide rings is 1. The second-order valence-corrected chi connectivity index (χ2v) is 6.63. The number of allylic oxidation sites excluding steroid dienone is 2. The van der Waals surface area contributed by atoms with Crippen molar-refractivity contribution in [2.24, 2.45) is 11.3 Å². The highest BCUT2D eigenvalue weighted by Gasteiger charge is 2.51. The number of carbonyl (C=O) groups excluding carboxylic acids is 1. The smallest absolute Gasteiger partial charge is 0.158 e. The normalized spacial score (nSPS) is 45.8. The Kier molecular flexibility index (Phi) is 2.32. The van der Waals surface area contributed by atoms with E-state index in [1.807, 2.05) is 6.92 Å². The summed E-state index contributed by atoms with van der Waals surface area (Å²) >= 11 is 0. The number of ether oxygens (including phenoxy) is 1. The lowest BCUT2D eigenvalue weighted by Gasteiger charge is -2.44. The first-order chi connectivity index (χ1) is 7.95. The van der Waals surface area contributed by atoms with Crippen molar-refractivity contribution in [2.75, 3.05) is 6.61 Å². The van der Waals surface area contributed by atoms with Gasteiger partial charge in [-0.1, -0.05) is 12.5 Å². The van der Waals surface area contributed by atoms with Gasteiger partial charge >= 0.3 is 0 Å². The van der Waals surface area contributed by atoms with Crippen LogP contribution in [0.1, 0.15) is 52.9 Å². The van der Waals surface area contributed by atoms with E-state index in [9.17, 15) is 4.79 Å². The van der Waals surface area contributed by atoms with Gasteiger partial charge in [-0.05, 0) is 56.4 Å². The molecule has 0 N–H and O–H groups in total. The van der Waals surface area contributed by atoms with Crippen LogP contribution in [0.4, 0.5) is 0 Å². The van der Waals surface area contributed by atoms with Crippen molar-refractivity contribution in [2.45, 2.75) is 58.5 Å². The van der Waals surface area contributed by atoms with Crippen LogP contribution in [0, 0.1) is 11.3 Å². The van der Waals surface area contributed by atoms with Gasteiger partial charge in [0.15, 0.2) is 5.78 Å². The van der Waals surface area contributed by atoms with E-state index in [4.69, 9.17) is 4.74 Å². The van der Waals surface area contributed by atoms with Crippen molar-refractivity contribution in [3.63, 3.8) is 0 Å². The average Bonchev–Trinajstić information content (AvgIpc) is 3.04. The number of carbonyl (C=O) groups is 1. The fourth-order valence-corrected chi connectivity index (χ4v) is 3.74. The van der Waals surface area contributed by atoms with E-state index < -0.39 is 0 Å². The second-order valence-electron chi connectivity index (χ2n) is 6.63. The van der Waals surface area contributed by atoms with Crippen LogP contribution >= 0.6 is 0 Å². The quantitative estimate of drug-likeness (QED) is 0.652. The molecular weight excluding hydrogens is 212 g/mol. The Balaban J connectivity index is 1.92. The van der Waals surface area contributed by atoms with Crippen molar-refractivity contribution < 1.29 is 9.53 Å². The Hall–Kier alpha value is -0.630. The highest BCUT2D eigenvalue weighted by molar-refractivity contribution is 5.96. The molecule has 17 heavy (non-hydrogen) atoms. The molecule has 0 radical (unpaired) electrons. The Morgan fingerprint density at radius 1 is 1.29 bits per heavy atom. The minimum atomic E-state index is 0.120. The zero-order valence-electron chi connectivity index (χ0n) is 11.1. The second kappa shape index (κ2) is 3.44. The van der Waals surface area contributed by atoms with E-state index in [0.717, 1.165) is 31.4 Å². The van der Waals surface area contributed by atoms with Crippen LogP contribution in [0.25, 0.3) is 0 Å². The molecular formula is C15H22O2. The average molecular weight is 234 g/mol. The van der Waals surface area contributed by atoms with Gasteiger partial charge in [0, 0.05) is 6.42 Å². The van der Waals surface area contributed by atoms with Crippen molar-refractivity contribution >= 4 is 5.78 Å². The summed E-state index contributed by atoms with van der Waals surface area (Å²) in [6, 6.07) is 0. The standard InChI is InChI=1S/C15H22O2/c1-10-12-8-11(15(3)9-17-15)4-6-14(12,2)7-5-13(10)16/h11H,4-9H2,1-3H3/t11-,14-,15?/m1/s1. The molecule has 2 nitrogen and oxygen atoms in total. The molecule has 1 saturated heterocycles. The van der Waals surface area contributed by atoms with E-state index in [0.29, 0.717) is 17.1 Å². The first-order valence-corrected chi connectivity index (χ1v) is 6.82. The summed E-state index contributed by atoms with van der Waals surface area (Å²) in [6.45, 7) is 7.52. The maximum Gasteiger partial charge on any atom is 0.158 e. The summed E-state index contributed by atoms with van der Waals surface area (Å²) in [4.78, 5) is 11.9. The first kappa shape index (κ1) is 11.5. The lowest BCUT2D eigenvalue weighted by atomic mass is 9.60. The zero-order valence-corrected chi connectivity index (χ0v) is 11.1. The van der Waals surface area contributed by atoms with E-state index in [-0.39, 0.29) is 5.60 Å². The maximum atomic E-state index is 11.9. The molecule has 3 aliphatic rings. The van der Waals surface area contributed by atoms with Gasteiger partial charge in [-0.25, -0.2) is 0 Å². The summed E-state index contributed by atoms with van der Waals surface area (Å²) in [5, 5.41) is 0. The molecule has 3 rings (SSSR count). The summed E-state index contributed by atoms with van der Waals surface area (Å²) < 4.78 is 5.60. The van der Waals surface area contributed by atoms with Crippen molar-refractivity contribution in [1.29, 1.82) is 0 Å². The third kappa shape index (κ3) is 1.69. The molecule has 2 heteroatoms. The molecule has 2 fully saturated rings. The first-order valence-electron chi connectivity index (χ1n) is 6.82. The van der Waals surface area contributed by atoms with Crippen LogP contribution < -0.4 is 0 Å². The van der Waals surface area contributed by atoms with Gasteiger partial charge in [0.25, 0.3) is 0 Å². The highest BCUT2D eigenvalue weighted by Crippen LogP contribution is 2.54. The fourth-order valence-electron chi connectivity index (χ4n) is 3.74. The number of Topliss-reactive ketones (excluding diaryl/α,β-unsaturated/α-hetero) is 1. The molecule has 1 unspecified atom stereocenters. The fraction of sp³-hybridized carbons (Fsp3) is 0.800. The van der Waals surface area contributed by atoms with E-state index in [1.54, 1.807) is 0 Å². The van der Waals surface area contributed by atoms with Gasteiger partial charge in [-0.2, -0.15) is 0 Å². The Labute approximate surface area is 103 Å². The highest BCUT2D eigenvalue weighted by atomic mass is 16.6. The molecule has 0 aromatic heterocycles. The molecule has 0 spiro atoms. The number of hydrogen-bond acceptors (Lipinski definition) is 2. The van der Waals surface area contributed by atoms with Crippen molar-refractivity contribution in [3.05, 3.63) is 11.1 Å². The van der Waals surface area contributed by atoms with Gasteiger partial charge in [-0.3, -0.25) is 4.79 Å². The third-order valence-electron chi connectivity index (χ3n) is 5.46. The summed E-state index contributed by atoms with van der Waals surface area (Å²) in [7, 11) is 0. The lowest BCUT2D eigenvalue weighted by Crippen LogP contribution is -2.37. The van der Waals surface area contributed by atoms with Crippen molar-refractivity contribution in [1.82, 2.24) is 0 Å². The predicted molar refractivity (Wildman–Crippen MR) is 66.7 cm³/mol. The number of ketones is 1. The molecule has 0 aromatic carbocycles. The van der Waals surface area contributed by atoms with E-state index >= 15 is 0 Å². The van der Waals surface area contributed by atoms with Crippen LogP contribution in [0.5, 0.6) is 0 Å². The van der Waals surface area contributed by atoms with E-state index in [2.05, 4.69) is 13.8 Å². The Morgan fingerprint density at radius 3 is 2.65 bits per heavy atom. The SMILES string of the molecule is CC1=C2C[C@H](C3(C)CO3)CC[C@]2(C)CCC1=O. The summed E-state index contributed by atoms with van der Waals surface area (Å²) in [6.07, 6.45) is 5.40. The zero-order chi connectivity index (χ0) is 12.3. The number of hydrogen-bond donors (Lipinski definition) is 0. The van der Waals surface area contributed by atoms with Gasteiger partial charge in [0.1, 0.15) is 0 Å². The van der Waals surface area contributed by atoms with E-state index in [1.165, 1.54) is 18.4 Å². The largest absolute Gasteiger partial charge is 0.370 e. The predicted octanol–water partition coefficient (Wildman–Crippen LogP) is 3.26. The molecule has 1 aliphatic heterocycles. The van der Waals surface area contributed by atoms with Gasteiger partial charge in [0.05, 0.1) is 12.2 Å². The number of fused-ring (bicyclic) bond motifs is 1. The minimum absolute atomic E-state index is 0.120. The summed E-state index contributed by atoms with van der Waals surface area (Å²) in [5.41, 5.74) is 2.93. The lowest BCUT2D eigenvalue weighted by molar-refractivity contribution is -0.117. The molecule has 2 aliphatic carbocycles. The molecule has 1 heterocycles. The van der Waals surface area contributed by atoms with Crippen LogP contribution in [0.3, 0.4) is 0 Å². The van der Waals surface area contributed by atoms with Gasteiger partial charge in [-0.15, -0.1) is 0 Å². The number of rotatable bonds is 1. The Bertz CT molecular complexity index is 403. The molecule has 3 atom stereocenters. The van der Waals surface area contributed by atoms with Crippen LogP contribution in [-0.2, 0) is 9.53 Å². The van der Waals surface area contributed by atoms with Crippen LogP contribution in [0.2, 0.25) is 0 Å². The van der Waals surface area contributed by atoms with Gasteiger partial charge < -0.3 is 4.74 Å². The molecule has 94 valence electrons. The Morgan fingerprint density at radius 2 is 2.00 bits per heavy atom. The van der Waals surface area contributed by atoms with Crippen molar-refractivity contribution in [3.8, 4) is 0 Å². The monoisotopic (exact) mass is 234 g/mol. The van der Waals surface area contributed by atoms with Gasteiger partial charge in [0.2, 0.25) is 0 Å². The summed E-state index contributed by atoms with van der Waals surface area (Å²) in [5.74, 6) is 1.01. The third-order valence-corrected chi connectivity index (χ3v) is 5.46. The molecule has 0 bridgehead atoms. The topological polar surface area (TPSA) is 29.6 Å². The maximum absolute atomic E-state index is 11.9. The van der Waals surface area contributed by atoms with Crippen LogP contribution in [-0.4, -0.2) is 18.0 Å². The van der Waals surface area contributed by atoms with Crippen LogP contribution in [0.15, 0.2) is 11.1 Å².